The van der Waals surface area contributed by atoms with Crippen LogP contribution >= 0.6 is 43.5 Å². The van der Waals surface area contributed by atoms with Crippen molar-refractivity contribution in [3.05, 3.63) is 63.1 Å². The van der Waals surface area contributed by atoms with Crippen molar-refractivity contribution in [1.29, 1.82) is 0 Å². The Morgan fingerprint density at radius 1 is 1.21 bits per heavy atom. The van der Waals surface area contributed by atoms with Crippen molar-refractivity contribution in [2.45, 2.75) is 11.2 Å². The van der Waals surface area contributed by atoms with Crippen LogP contribution < -0.4 is 4.74 Å². The third kappa shape index (κ3) is 3.74. The Morgan fingerprint density at radius 3 is 2.68 bits per heavy atom. The fourth-order valence-electron chi connectivity index (χ4n) is 1.88. The maximum Gasteiger partial charge on any atom is 0.119 e. The topological polar surface area (TPSA) is 9.23 Å². The van der Waals surface area contributed by atoms with E-state index in [0.717, 1.165) is 27.2 Å². The molecule has 0 heterocycles. The average molecular weight is 405 g/mol. The Hall–Kier alpha value is -0.510. The molecule has 0 aliphatic rings. The zero-order valence-corrected chi connectivity index (χ0v) is 14.3. The first kappa shape index (κ1) is 14.9. The highest BCUT2D eigenvalue weighted by Crippen LogP contribution is 2.36. The maximum absolute atomic E-state index is 6.31. The fraction of sp³-hybridized carbons (Fsp3) is 0.200. The van der Waals surface area contributed by atoms with Gasteiger partial charge >= 0.3 is 0 Å². The number of ether oxygens (including phenoxy) is 1. The normalized spacial score (nSPS) is 12.2. The molecule has 0 saturated heterocycles. The first-order chi connectivity index (χ1) is 9.11. The third-order valence-corrected chi connectivity index (χ3v) is 5.00. The Bertz CT molecular complexity index is 572. The van der Waals surface area contributed by atoms with Crippen LogP contribution in [0.5, 0.6) is 5.75 Å². The maximum atomic E-state index is 6.31. The van der Waals surface area contributed by atoms with Gasteiger partial charge in [-0.15, -0.1) is 0 Å². The predicted octanol–water partition coefficient (Wildman–Crippen LogP) is 5.79. The molecule has 0 aliphatic heterocycles. The summed E-state index contributed by atoms with van der Waals surface area (Å²) in [5.74, 6) is 0.873. The van der Waals surface area contributed by atoms with E-state index in [0.29, 0.717) is 0 Å². The molecule has 2 rings (SSSR count). The minimum absolute atomic E-state index is 0.171. The van der Waals surface area contributed by atoms with Crippen LogP contribution in [0.4, 0.5) is 0 Å². The van der Waals surface area contributed by atoms with E-state index >= 15 is 0 Å². The Kier molecular flexibility index (Phi) is 5.31. The molecule has 0 aliphatic carbocycles. The highest BCUT2D eigenvalue weighted by molar-refractivity contribution is 9.10. The van der Waals surface area contributed by atoms with Gasteiger partial charge in [0.15, 0.2) is 0 Å². The first-order valence-corrected chi connectivity index (χ1v) is 7.91. The summed E-state index contributed by atoms with van der Waals surface area (Å²) < 4.78 is 6.15. The number of alkyl halides is 1. The zero-order chi connectivity index (χ0) is 13.8. The highest BCUT2D eigenvalue weighted by atomic mass is 79.9. The molecule has 1 atom stereocenters. The monoisotopic (exact) mass is 402 g/mol. The molecule has 0 amide bonds. The lowest BCUT2D eigenvalue weighted by Crippen LogP contribution is -1.97. The second kappa shape index (κ2) is 6.78. The van der Waals surface area contributed by atoms with Crippen LogP contribution in [0.2, 0.25) is 5.02 Å². The molecule has 100 valence electrons. The van der Waals surface area contributed by atoms with Crippen molar-refractivity contribution in [3.8, 4) is 5.75 Å². The van der Waals surface area contributed by atoms with Crippen LogP contribution in [0, 0.1) is 0 Å². The highest BCUT2D eigenvalue weighted by Gasteiger charge is 2.14. The largest absolute Gasteiger partial charge is 0.497 e. The summed E-state index contributed by atoms with van der Waals surface area (Å²) in [5, 5.41) is 0.757. The van der Waals surface area contributed by atoms with Gasteiger partial charge in [-0.1, -0.05) is 51.8 Å². The van der Waals surface area contributed by atoms with Gasteiger partial charge in [0.05, 0.1) is 12.1 Å². The smallest absolute Gasteiger partial charge is 0.119 e. The summed E-state index contributed by atoms with van der Waals surface area (Å²) in [6.45, 7) is 0. The van der Waals surface area contributed by atoms with Gasteiger partial charge in [-0.2, -0.15) is 0 Å². The molecular weight excluding hydrogens is 391 g/mol. The molecule has 0 N–H and O–H groups in total. The van der Waals surface area contributed by atoms with E-state index in [1.165, 1.54) is 5.56 Å². The summed E-state index contributed by atoms with van der Waals surface area (Å²) in [7, 11) is 1.68. The van der Waals surface area contributed by atoms with E-state index in [9.17, 15) is 0 Å². The van der Waals surface area contributed by atoms with E-state index in [4.69, 9.17) is 16.3 Å². The average Bonchev–Trinajstić information content (AvgIpc) is 2.42. The summed E-state index contributed by atoms with van der Waals surface area (Å²) in [5.41, 5.74) is 2.29. The molecule has 4 heteroatoms. The van der Waals surface area contributed by atoms with Crippen LogP contribution in [0.3, 0.4) is 0 Å². The Balaban J connectivity index is 2.20. The van der Waals surface area contributed by atoms with Gasteiger partial charge in [-0.3, -0.25) is 0 Å². The van der Waals surface area contributed by atoms with Crippen LogP contribution in [-0.4, -0.2) is 7.11 Å². The van der Waals surface area contributed by atoms with Crippen molar-refractivity contribution in [2.75, 3.05) is 7.11 Å². The van der Waals surface area contributed by atoms with Gasteiger partial charge < -0.3 is 4.74 Å². The van der Waals surface area contributed by atoms with Crippen molar-refractivity contribution in [3.63, 3.8) is 0 Å². The van der Waals surface area contributed by atoms with Gasteiger partial charge in [-0.05, 0) is 51.7 Å². The third-order valence-electron chi connectivity index (χ3n) is 2.87. The van der Waals surface area contributed by atoms with Gasteiger partial charge in [0.2, 0.25) is 0 Å². The molecule has 0 bridgehead atoms. The predicted molar refractivity (Wildman–Crippen MR) is 87.5 cm³/mol. The minimum Gasteiger partial charge on any atom is -0.497 e. The molecule has 19 heavy (non-hydrogen) atoms. The second-order valence-electron chi connectivity index (χ2n) is 4.17. The van der Waals surface area contributed by atoms with E-state index < -0.39 is 0 Å². The standard InChI is InChI=1S/C15H13Br2ClO/c1-19-11-5-2-4-10(8-11)9-14(17)12-6-3-7-13(16)15(12)18/h2-8,14H,9H2,1H3. The summed E-state index contributed by atoms with van der Waals surface area (Å²) in [4.78, 5) is 0.171. The molecule has 0 fully saturated rings. The molecule has 0 radical (unpaired) electrons. The van der Waals surface area contributed by atoms with Crippen LogP contribution in [0.1, 0.15) is 16.0 Å². The molecule has 0 spiro atoms. The number of halogens is 3. The first-order valence-electron chi connectivity index (χ1n) is 5.82. The number of hydrogen-bond acceptors (Lipinski definition) is 1. The van der Waals surface area contributed by atoms with Gasteiger partial charge in [0, 0.05) is 9.30 Å². The van der Waals surface area contributed by atoms with Gasteiger partial charge in [-0.25, -0.2) is 0 Å². The molecule has 2 aromatic carbocycles. The summed E-state index contributed by atoms with van der Waals surface area (Å²) in [6.07, 6.45) is 0.855. The Morgan fingerprint density at radius 2 is 1.95 bits per heavy atom. The van der Waals surface area contributed by atoms with Crippen LogP contribution in [0.15, 0.2) is 46.9 Å². The van der Waals surface area contributed by atoms with Crippen LogP contribution in [-0.2, 0) is 6.42 Å². The summed E-state index contributed by atoms with van der Waals surface area (Å²) in [6, 6.07) is 14.0. The van der Waals surface area contributed by atoms with Crippen LogP contribution in [0.25, 0.3) is 0 Å². The number of benzene rings is 2. The molecule has 0 saturated carbocycles. The van der Waals surface area contributed by atoms with Gasteiger partial charge in [0.1, 0.15) is 5.75 Å². The Labute approximate surface area is 135 Å². The lowest BCUT2D eigenvalue weighted by Gasteiger charge is -2.13. The van der Waals surface area contributed by atoms with E-state index in [-0.39, 0.29) is 4.83 Å². The SMILES string of the molecule is COc1cccc(CC(Br)c2cccc(Br)c2Cl)c1. The molecule has 0 aromatic heterocycles. The number of rotatable bonds is 4. The van der Waals surface area contributed by atoms with E-state index in [1.54, 1.807) is 7.11 Å². The van der Waals surface area contributed by atoms with Crippen molar-refractivity contribution < 1.29 is 4.74 Å². The molecular formula is C15H13Br2ClO. The lowest BCUT2D eigenvalue weighted by atomic mass is 10.0. The molecule has 1 unspecified atom stereocenters. The molecule has 1 nitrogen and oxygen atoms in total. The number of hydrogen-bond donors (Lipinski definition) is 0. The van der Waals surface area contributed by atoms with E-state index in [2.05, 4.69) is 37.9 Å². The molecule has 2 aromatic rings. The summed E-state index contributed by atoms with van der Waals surface area (Å²) >= 11 is 13.5. The fourth-order valence-corrected chi connectivity index (χ4v) is 3.41. The second-order valence-corrected chi connectivity index (χ2v) is 6.50. The van der Waals surface area contributed by atoms with Crippen molar-refractivity contribution in [1.82, 2.24) is 0 Å². The van der Waals surface area contributed by atoms with Crippen molar-refractivity contribution >= 4 is 43.5 Å². The minimum atomic E-state index is 0.171. The van der Waals surface area contributed by atoms with E-state index in [1.807, 2.05) is 36.4 Å². The van der Waals surface area contributed by atoms with Crippen molar-refractivity contribution in [2.24, 2.45) is 0 Å². The number of methoxy groups -OCH3 is 1. The van der Waals surface area contributed by atoms with Gasteiger partial charge in [0.25, 0.3) is 0 Å². The quantitative estimate of drug-likeness (QED) is 0.586. The lowest BCUT2D eigenvalue weighted by molar-refractivity contribution is 0.414. The zero-order valence-electron chi connectivity index (χ0n) is 10.4.